The van der Waals surface area contributed by atoms with E-state index in [1.165, 1.54) is 16.1 Å². The van der Waals surface area contributed by atoms with Gasteiger partial charge in [-0.15, -0.1) is 24.0 Å². The molecule has 9 heteroatoms. The van der Waals surface area contributed by atoms with Crippen molar-refractivity contribution in [1.82, 2.24) is 19.4 Å². The molecule has 0 atom stereocenters. The molecule has 0 aromatic heterocycles. The van der Waals surface area contributed by atoms with Gasteiger partial charge in [-0.05, 0) is 18.9 Å². The Labute approximate surface area is 193 Å². The summed E-state index contributed by atoms with van der Waals surface area (Å²) < 4.78 is 24.8. The first kappa shape index (κ1) is 26.1. The fourth-order valence-corrected chi connectivity index (χ4v) is 4.31. The van der Waals surface area contributed by atoms with Gasteiger partial charge in [0.2, 0.25) is 10.0 Å². The molecule has 1 aliphatic rings. The van der Waals surface area contributed by atoms with Crippen LogP contribution in [-0.2, 0) is 16.6 Å². The van der Waals surface area contributed by atoms with E-state index >= 15 is 0 Å². The fraction of sp³-hybridized carbons (Fsp3) is 0.650. The van der Waals surface area contributed by atoms with Crippen LogP contribution in [0.4, 0.5) is 0 Å². The number of nitrogens with one attached hydrogen (secondary N) is 1. The maximum atomic E-state index is 11.7. The van der Waals surface area contributed by atoms with Crippen LogP contribution in [0.5, 0.6) is 0 Å². The van der Waals surface area contributed by atoms with Gasteiger partial charge < -0.3 is 10.2 Å². The zero-order valence-electron chi connectivity index (χ0n) is 17.9. The van der Waals surface area contributed by atoms with Gasteiger partial charge in [-0.2, -0.15) is 0 Å². The van der Waals surface area contributed by atoms with E-state index in [0.29, 0.717) is 19.6 Å². The van der Waals surface area contributed by atoms with E-state index in [1.807, 2.05) is 6.92 Å². The minimum Gasteiger partial charge on any atom is -0.357 e. The van der Waals surface area contributed by atoms with Crippen LogP contribution in [0, 0.1) is 0 Å². The minimum absolute atomic E-state index is 0. The monoisotopic (exact) mass is 537 g/mol. The van der Waals surface area contributed by atoms with Crippen LogP contribution in [0.25, 0.3) is 0 Å². The number of rotatable bonds is 9. The lowest BCUT2D eigenvalue weighted by molar-refractivity contribution is 0.172. The topological polar surface area (TPSA) is 68.2 Å². The Morgan fingerprint density at radius 1 is 1.14 bits per heavy atom. The summed E-state index contributed by atoms with van der Waals surface area (Å²) in [6, 6.07) is 10.6. The summed E-state index contributed by atoms with van der Waals surface area (Å²) in [5.41, 5.74) is 1.35. The molecule has 0 amide bonds. The summed E-state index contributed by atoms with van der Waals surface area (Å²) >= 11 is 0. The fourth-order valence-electron chi connectivity index (χ4n) is 3.38. The van der Waals surface area contributed by atoms with Gasteiger partial charge in [-0.1, -0.05) is 37.3 Å². The highest BCUT2D eigenvalue weighted by Gasteiger charge is 2.19. The zero-order valence-corrected chi connectivity index (χ0v) is 21.0. The highest BCUT2D eigenvalue weighted by molar-refractivity contribution is 14.0. The van der Waals surface area contributed by atoms with Gasteiger partial charge in [0, 0.05) is 58.9 Å². The van der Waals surface area contributed by atoms with E-state index in [-0.39, 0.29) is 24.0 Å². The van der Waals surface area contributed by atoms with Crippen LogP contribution in [0.1, 0.15) is 25.8 Å². The molecule has 1 aliphatic heterocycles. The SMILES string of the molecule is CCNC(=NCCCN(CC)S(C)(=O)=O)N1CCN(Cc2ccccc2)CC1.I. The average molecular weight is 538 g/mol. The summed E-state index contributed by atoms with van der Waals surface area (Å²) in [7, 11) is -3.13. The first-order valence-electron chi connectivity index (χ1n) is 10.2. The molecule has 0 saturated carbocycles. The number of halogens is 1. The van der Waals surface area contributed by atoms with E-state index < -0.39 is 10.0 Å². The molecule has 0 bridgehead atoms. The van der Waals surface area contributed by atoms with Gasteiger partial charge in [-0.3, -0.25) is 9.89 Å². The quantitative estimate of drug-likeness (QED) is 0.226. The summed E-state index contributed by atoms with van der Waals surface area (Å²) in [6.07, 6.45) is 1.99. The molecule has 1 aromatic carbocycles. The molecule has 1 aromatic rings. The lowest BCUT2D eigenvalue weighted by Crippen LogP contribution is -2.52. The molecular formula is C20H36IN5O2S. The van der Waals surface area contributed by atoms with E-state index in [1.54, 1.807) is 0 Å². The molecule has 7 nitrogen and oxygen atoms in total. The van der Waals surface area contributed by atoms with Crippen molar-refractivity contribution in [2.45, 2.75) is 26.8 Å². The highest BCUT2D eigenvalue weighted by Crippen LogP contribution is 2.09. The van der Waals surface area contributed by atoms with E-state index in [0.717, 1.165) is 51.6 Å². The van der Waals surface area contributed by atoms with Crippen LogP contribution in [0.2, 0.25) is 0 Å². The third-order valence-electron chi connectivity index (χ3n) is 4.90. The Morgan fingerprint density at radius 3 is 2.34 bits per heavy atom. The predicted molar refractivity (Wildman–Crippen MR) is 131 cm³/mol. The molecule has 1 saturated heterocycles. The van der Waals surface area contributed by atoms with Crippen molar-refractivity contribution in [3.05, 3.63) is 35.9 Å². The third-order valence-corrected chi connectivity index (χ3v) is 6.28. The summed E-state index contributed by atoms with van der Waals surface area (Å²) in [5.74, 6) is 0.935. The molecule has 29 heavy (non-hydrogen) atoms. The Morgan fingerprint density at radius 2 is 1.79 bits per heavy atom. The number of piperazine rings is 1. The Balaban J connectivity index is 0.00000420. The highest BCUT2D eigenvalue weighted by atomic mass is 127. The van der Waals surface area contributed by atoms with Gasteiger partial charge in [-0.25, -0.2) is 12.7 Å². The minimum atomic E-state index is -3.13. The smallest absolute Gasteiger partial charge is 0.211 e. The summed E-state index contributed by atoms with van der Waals surface area (Å²) in [5, 5.41) is 3.37. The Kier molecular flexibility index (Phi) is 12.1. The van der Waals surface area contributed by atoms with Crippen molar-refractivity contribution in [2.75, 3.05) is 58.6 Å². The molecule has 1 heterocycles. The molecule has 1 N–H and O–H groups in total. The third kappa shape index (κ3) is 9.18. The van der Waals surface area contributed by atoms with Crippen molar-refractivity contribution >= 4 is 40.0 Å². The van der Waals surface area contributed by atoms with Gasteiger partial charge >= 0.3 is 0 Å². The van der Waals surface area contributed by atoms with Gasteiger partial charge in [0.15, 0.2) is 5.96 Å². The number of hydrogen-bond donors (Lipinski definition) is 1. The average Bonchev–Trinajstić information content (AvgIpc) is 2.67. The van der Waals surface area contributed by atoms with Crippen LogP contribution < -0.4 is 5.32 Å². The van der Waals surface area contributed by atoms with Crippen LogP contribution >= 0.6 is 24.0 Å². The molecule has 0 radical (unpaired) electrons. The number of aliphatic imine (C=N–C) groups is 1. The number of guanidine groups is 1. The lowest BCUT2D eigenvalue weighted by atomic mass is 10.2. The number of sulfonamides is 1. The first-order valence-corrected chi connectivity index (χ1v) is 12.0. The second kappa shape index (κ2) is 13.4. The summed E-state index contributed by atoms with van der Waals surface area (Å²) in [6.45, 7) is 11.3. The zero-order chi connectivity index (χ0) is 20.4. The second-order valence-electron chi connectivity index (χ2n) is 7.09. The maximum Gasteiger partial charge on any atom is 0.211 e. The number of nitrogens with zero attached hydrogens (tertiary/aromatic N) is 4. The van der Waals surface area contributed by atoms with E-state index in [4.69, 9.17) is 4.99 Å². The van der Waals surface area contributed by atoms with Crippen molar-refractivity contribution < 1.29 is 8.42 Å². The predicted octanol–water partition coefficient (Wildman–Crippen LogP) is 2.06. The number of benzene rings is 1. The van der Waals surface area contributed by atoms with Crippen LogP contribution in [0.15, 0.2) is 35.3 Å². The molecule has 0 aliphatic carbocycles. The molecule has 2 rings (SSSR count). The normalized spacial score (nSPS) is 16.0. The van der Waals surface area contributed by atoms with Gasteiger partial charge in [0.25, 0.3) is 0 Å². The second-order valence-corrected chi connectivity index (χ2v) is 9.08. The van der Waals surface area contributed by atoms with Crippen molar-refractivity contribution in [3.8, 4) is 0 Å². The number of hydrogen-bond acceptors (Lipinski definition) is 4. The van der Waals surface area contributed by atoms with Crippen LogP contribution in [-0.4, -0.2) is 87.1 Å². The summed E-state index contributed by atoms with van der Waals surface area (Å²) in [4.78, 5) is 9.50. The van der Waals surface area contributed by atoms with Crippen LogP contribution in [0.3, 0.4) is 0 Å². The Hall–Kier alpha value is -0.910. The van der Waals surface area contributed by atoms with Crippen molar-refractivity contribution in [3.63, 3.8) is 0 Å². The Bertz CT molecular complexity index is 707. The molecule has 1 fully saturated rings. The molecule has 166 valence electrons. The molecule has 0 spiro atoms. The maximum absolute atomic E-state index is 11.7. The van der Waals surface area contributed by atoms with E-state index in [2.05, 4.69) is 52.4 Å². The van der Waals surface area contributed by atoms with Crippen molar-refractivity contribution in [1.29, 1.82) is 0 Å². The first-order chi connectivity index (χ1) is 13.4. The van der Waals surface area contributed by atoms with Gasteiger partial charge in [0.05, 0.1) is 6.26 Å². The largest absolute Gasteiger partial charge is 0.357 e. The molecule has 0 unspecified atom stereocenters. The molecular weight excluding hydrogens is 501 g/mol. The standard InChI is InChI=1S/C20H35N5O2S.HI/c1-4-21-20(22-12-9-13-25(5-2)28(3,26)27)24-16-14-23(15-17-24)18-19-10-7-6-8-11-19;/h6-8,10-11H,4-5,9,12-18H2,1-3H3,(H,21,22);1H. The van der Waals surface area contributed by atoms with Gasteiger partial charge in [0.1, 0.15) is 0 Å². The van der Waals surface area contributed by atoms with E-state index in [9.17, 15) is 8.42 Å². The lowest BCUT2D eigenvalue weighted by Gasteiger charge is -2.36. The van der Waals surface area contributed by atoms with Crippen molar-refractivity contribution in [2.24, 2.45) is 4.99 Å².